The molecule has 1 aliphatic heterocycles. The lowest BCUT2D eigenvalue weighted by molar-refractivity contribution is -0.137. The van der Waals surface area contributed by atoms with Crippen molar-refractivity contribution in [1.82, 2.24) is 0 Å². The van der Waals surface area contributed by atoms with Crippen molar-refractivity contribution in [2.24, 2.45) is 0 Å². The summed E-state index contributed by atoms with van der Waals surface area (Å²) in [5.74, 6) is -0.725. The summed E-state index contributed by atoms with van der Waals surface area (Å²) >= 11 is 0. The Morgan fingerprint density at radius 1 is 1.60 bits per heavy atom. The van der Waals surface area contributed by atoms with E-state index in [-0.39, 0.29) is 12.5 Å². The van der Waals surface area contributed by atoms with Crippen molar-refractivity contribution >= 4 is 11.7 Å². The zero-order valence-electron chi connectivity index (χ0n) is 9.03. The third kappa shape index (κ3) is 1.69. The highest BCUT2D eigenvalue weighted by Crippen LogP contribution is 2.33. The molecule has 0 amide bonds. The first kappa shape index (κ1) is 10.0. The first-order valence-corrected chi connectivity index (χ1v) is 5.12. The van der Waals surface area contributed by atoms with Crippen LogP contribution in [0.1, 0.15) is 17.5 Å². The highest BCUT2D eigenvalue weighted by Gasteiger charge is 2.28. The SMILES string of the molecule is Cc1cccc2c1CC(CC(=O)O)N2C. The fourth-order valence-electron chi connectivity index (χ4n) is 2.26. The van der Waals surface area contributed by atoms with Gasteiger partial charge in [-0.1, -0.05) is 12.1 Å². The van der Waals surface area contributed by atoms with E-state index in [1.54, 1.807) is 0 Å². The van der Waals surface area contributed by atoms with E-state index in [0.717, 1.165) is 6.42 Å². The largest absolute Gasteiger partial charge is 0.481 e. The molecule has 3 heteroatoms. The molecule has 2 rings (SSSR count). The number of hydrogen-bond donors (Lipinski definition) is 1. The average molecular weight is 205 g/mol. The van der Waals surface area contributed by atoms with Gasteiger partial charge in [0, 0.05) is 18.8 Å². The number of aliphatic carboxylic acids is 1. The van der Waals surface area contributed by atoms with Gasteiger partial charge < -0.3 is 10.0 Å². The molecule has 0 bridgehead atoms. The maximum Gasteiger partial charge on any atom is 0.305 e. The van der Waals surface area contributed by atoms with Crippen LogP contribution in [0.25, 0.3) is 0 Å². The Labute approximate surface area is 89.3 Å². The molecule has 0 saturated heterocycles. The van der Waals surface area contributed by atoms with Gasteiger partial charge in [-0.05, 0) is 30.5 Å². The number of carboxylic acid groups (broad SMARTS) is 1. The molecule has 0 radical (unpaired) electrons. The van der Waals surface area contributed by atoms with Gasteiger partial charge in [0.15, 0.2) is 0 Å². The lowest BCUT2D eigenvalue weighted by atomic mass is 10.0. The minimum Gasteiger partial charge on any atom is -0.481 e. The Hall–Kier alpha value is -1.51. The van der Waals surface area contributed by atoms with E-state index in [0.29, 0.717) is 0 Å². The van der Waals surface area contributed by atoms with Crippen molar-refractivity contribution in [1.29, 1.82) is 0 Å². The summed E-state index contributed by atoms with van der Waals surface area (Å²) < 4.78 is 0. The van der Waals surface area contributed by atoms with E-state index in [1.807, 2.05) is 13.1 Å². The number of nitrogens with zero attached hydrogens (tertiary/aromatic N) is 1. The molecule has 1 unspecified atom stereocenters. The predicted octanol–water partition coefficient (Wildman–Crippen LogP) is 1.83. The van der Waals surface area contributed by atoms with Crippen LogP contribution in [0.15, 0.2) is 18.2 Å². The van der Waals surface area contributed by atoms with Gasteiger partial charge in [0.25, 0.3) is 0 Å². The summed E-state index contributed by atoms with van der Waals surface area (Å²) in [6, 6.07) is 6.27. The van der Waals surface area contributed by atoms with Crippen LogP contribution in [0.3, 0.4) is 0 Å². The van der Waals surface area contributed by atoms with Gasteiger partial charge in [0.1, 0.15) is 0 Å². The number of aryl methyl sites for hydroxylation is 1. The molecule has 0 aliphatic carbocycles. The van der Waals surface area contributed by atoms with Gasteiger partial charge >= 0.3 is 5.97 Å². The number of benzene rings is 1. The maximum absolute atomic E-state index is 10.7. The Bertz CT molecular complexity index is 401. The van der Waals surface area contributed by atoms with Gasteiger partial charge in [-0.25, -0.2) is 0 Å². The Morgan fingerprint density at radius 2 is 2.33 bits per heavy atom. The number of rotatable bonds is 2. The second kappa shape index (κ2) is 3.57. The van der Waals surface area contributed by atoms with Crippen molar-refractivity contribution in [3.63, 3.8) is 0 Å². The van der Waals surface area contributed by atoms with Gasteiger partial charge in [-0.15, -0.1) is 0 Å². The monoisotopic (exact) mass is 205 g/mol. The molecule has 15 heavy (non-hydrogen) atoms. The van der Waals surface area contributed by atoms with Gasteiger partial charge in [0.2, 0.25) is 0 Å². The maximum atomic E-state index is 10.7. The van der Waals surface area contributed by atoms with Crippen LogP contribution in [0.2, 0.25) is 0 Å². The molecule has 0 fully saturated rings. The summed E-state index contributed by atoms with van der Waals surface area (Å²) in [6.07, 6.45) is 1.06. The van der Waals surface area contributed by atoms with Crippen LogP contribution in [0.4, 0.5) is 5.69 Å². The average Bonchev–Trinajstić information content (AvgIpc) is 2.46. The molecule has 0 spiro atoms. The zero-order chi connectivity index (χ0) is 11.0. The Balaban J connectivity index is 2.29. The fourth-order valence-corrected chi connectivity index (χ4v) is 2.26. The summed E-state index contributed by atoms with van der Waals surface area (Å²) in [5.41, 5.74) is 3.74. The molecule has 0 aromatic heterocycles. The minimum atomic E-state index is -0.725. The van der Waals surface area contributed by atoms with Crippen LogP contribution in [-0.2, 0) is 11.2 Å². The highest BCUT2D eigenvalue weighted by molar-refractivity contribution is 5.71. The lowest BCUT2D eigenvalue weighted by Gasteiger charge is -2.20. The molecule has 1 aliphatic rings. The molecular formula is C12H15NO2. The predicted molar refractivity (Wildman–Crippen MR) is 59.3 cm³/mol. The second-order valence-electron chi connectivity index (χ2n) is 4.14. The summed E-state index contributed by atoms with van der Waals surface area (Å²) in [5, 5.41) is 8.81. The molecule has 1 aromatic rings. The fraction of sp³-hybridized carbons (Fsp3) is 0.417. The summed E-state index contributed by atoms with van der Waals surface area (Å²) in [7, 11) is 1.97. The Morgan fingerprint density at radius 3 is 2.93 bits per heavy atom. The van der Waals surface area contributed by atoms with E-state index in [9.17, 15) is 4.79 Å². The molecule has 1 aromatic carbocycles. The molecule has 80 valence electrons. The first-order chi connectivity index (χ1) is 7.09. The van der Waals surface area contributed by atoms with Crippen LogP contribution < -0.4 is 4.90 Å². The third-order valence-electron chi connectivity index (χ3n) is 3.16. The van der Waals surface area contributed by atoms with Gasteiger partial charge in [-0.3, -0.25) is 4.79 Å². The van der Waals surface area contributed by atoms with Gasteiger partial charge in [0.05, 0.1) is 6.42 Å². The van der Waals surface area contributed by atoms with E-state index in [2.05, 4.69) is 24.0 Å². The normalized spacial score (nSPS) is 19.1. The zero-order valence-corrected chi connectivity index (χ0v) is 9.03. The van der Waals surface area contributed by atoms with Crippen LogP contribution in [0, 0.1) is 6.92 Å². The van der Waals surface area contributed by atoms with E-state index in [1.165, 1.54) is 16.8 Å². The second-order valence-corrected chi connectivity index (χ2v) is 4.14. The molecule has 0 saturated carbocycles. The van der Waals surface area contributed by atoms with Gasteiger partial charge in [-0.2, -0.15) is 0 Å². The first-order valence-electron chi connectivity index (χ1n) is 5.12. The topological polar surface area (TPSA) is 40.5 Å². The number of likely N-dealkylation sites (N-methyl/N-ethyl adjacent to an activating group) is 1. The van der Waals surface area contributed by atoms with Crippen molar-refractivity contribution < 1.29 is 9.90 Å². The van der Waals surface area contributed by atoms with Crippen molar-refractivity contribution in [3.8, 4) is 0 Å². The highest BCUT2D eigenvalue weighted by atomic mass is 16.4. The lowest BCUT2D eigenvalue weighted by Crippen LogP contribution is -2.30. The number of hydrogen-bond acceptors (Lipinski definition) is 2. The molecular weight excluding hydrogens is 190 g/mol. The standard InChI is InChI=1S/C12H15NO2/c1-8-4-3-5-11-10(8)6-9(13(11)2)7-12(14)15/h3-5,9H,6-7H2,1-2H3,(H,14,15). The number of carboxylic acids is 1. The van der Waals surface area contributed by atoms with Crippen molar-refractivity contribution in [3.05, 3.63) is 29.3 Å². The van der Waals surface area contributed by atoms with E-state index < -0.39 is 5.97 Å². The quantitative estimate of drug-likeness (QED) is 0.800. The number of anilines is 1. The summed E-state index contributed by atoms with van der Waals surface area (Å²) in [6.45, 7) is 2.08. The number of carbonyl (C=O) groups is 1. The molecule has 1 atom stereocenters. The van der Waals surface area contributed by atoms with E-state index in [4.69, 9.17) is 5.11 Å². The number of fused-ring (bicyclic) bond motifs is 1. The third-order valence-corrected chi connectivity index (χ3v) is 3.16. The Kier molecular flexibility index (Phi) is 2.39. The van der Waals surface area contributed by atoms with E-state index >= 15 is 0 Å². The smallest absolute Gasteiger partial charge is 0.305 e. The van der Waals surface area contributed by atoms with Crippen LogP contribution in [0.5, 0.6) is 0 Å². The minimum absolute atomic E-state index is 0.110. The summed E-state index contributed by atoms with van der Waals surface area (Å²) in [4.78, 5) is 12.8. The molecule has 3 nitrogen and oxygen atoms in total. The van der Waals surface area contributed by atoms with Crippen molar-refractivity contribution in [2.75, 3.05) is 11.9 Å². The van der Waals surface area contributed by atoms with Crippen LogP contribution >= 0.6 is 0 Å². The van der Waals surface area contributed by atoms with Crippen LogP contribution in [-0.4, -0.2) is 24.2 Å². The van der Waals surface area contributed by atoms with Crippen molar-refractivity contribution in [2.45, 2.75) is 25.8 Å². The molecule has 1 heterocycles. The molecule has 1 N–H and O–H groups in total.